The van der Waals surface area contributed by atoms with E-state index in [2.05, 4.69) is 34.6 Å². The molecule has 2 unspecified atom stereocenters. The SMILES string of the molecule is Cc1nc(CN(C)CCC2CC3CCC(C2)N3)cs1. The Hall–Kier alpha value is -0.450. The van der Waals surface area contributed by atoms with Crippen molar-refractivity contribution in [3.8, 4) is 0 Å². The van der Waals surface area contributed by atoms with Crippen molar-refractivity contribution in [1.82, 2.24) is 15.2 Å². The zero-order valence-corrected chi connectivity index (χ0v) is 12.9. The molecule has 1 aromatic heterocycles. The highest BCUT2D eigenvalue weighted by Gasteiger charge is 2.33. The lowest BCUT2D eigenvalue weighted by Crippen LogP contribution is -2.38. The molecule has 0 aromatic carbocycles. The highest BCUT2D eigenvalue weighted by atomic mass is 32.1. The molecule has 2 atom stereocenters. The second-order valence-corrected chi connectivity index (χ2v) is 7.42. The van der Waals surface area contributed by atoms with Crippen molar-refractivity contribution in [3.05, 3.63) is 16.1 Å². The molecule has 0 spiro atoms. The lowest BCUT2D eigenvalue weighted by Gasteiger charge is -2.30. The number of fused-ring (bicyclic) bond motifs is 2. The van der Waals surface area contributed by atoms with E-state index in [0.29, 0.717) is 0 Å². The maximum atomic E-state index is 4.55. The van der Waals surface area contributed by atoms with Gasteiger partial charge in [-0.25, -0.2) is 4.98 Å². The summed E-state index contributed by atoms with van der Waals surface area (Å²) >= 11 is 1.76. The van der Waals surface area contributed by atoms with Crippen LogP contribution >= 0.6 is 11.3 Å². The van der Waals surface area contributed by atoms with E-state index < -0.39 is 0 Å². The molecule has 106 valence electrons. The summed E-state index contributed by atoms with van der Waals surface area (Å²) in [5, 5.41) is 7.10. The van der Waals surface area contributed by atoms with Crippen LogP contribution in [0.5, 0.6) is 0 Å². The molecular weight excluding hydrogens is 254 g/mol. The Morgan fingerprint density at radius 1 is 1.37 bits per heavy atom. The summed E-state index contributed by atoms with van der Waals surface area (Å²) in [7, 11) is 2.23. The van der Waals surface area contributed by atoms with E-state index >= 15 is 0 Å². The topological polar surface area (TPSA) is 28.2 Å². The Balaban J connectivity index is 1.42. The van der Waals surface area contributed by atoms with Gasteiger partial charge in [-0.3, -0.25) is 0 Å². The molecule has 2 fully saturated rings. The first-order valence-electron chi connectivity index (χ1n) is 7.54. The third-order valence-corrected chi connectivity index (χ3v) is 5.41. The Labute approximate surface area is 120 Å². The van der Waals surface area contributed by atoms with Crippen LogP contribution in [-0.4, -0.2) is 35.6 Å². The molecule has 3 nitrogen and oxygen atoms in total. The maximum absolute atomic E-state index is 4.55. The summed E-state index contributed by atoms with van der Waals surface area (Å²) in [5.41, 5.74) is 1.23. The standard InChI is InChI=1S/C15H25N3S/c1-11-16-15(10-19-11)9-18(2)6-5-12-7-13-3-4-14(8-12)17-13/h10,12-14,17H,3-9H2,1-2H3. The van der Waals surface area contributed by atoms with Crippen LogP contribution in [0.3, 0.4) is 0 Å². The van der Waals surface area contributed by atoms with E-state index in [-0.39, 0.29) is 0 Å². The lowest BCUT2D eigenvalue weighted by atomic mass is 9.89. The number of hydrogen-bond donors (Lipinski definition) is 1. The van der Waals surface area contributed by atoms with Crippen LogP contribution < -0.4 is 5.32 Å². The first-order valence-corrected chi connectivity index (χ1v) is 8.42. The summed E-state index contributed by atoms with van der Waals surface area (Å²) in [4.78, 5) is 6.98. The molecule has 2 aliphatic heterocycles. The molecule has 4 heteroatoms. The van der Waals surface area contributed by atoms with Gasteiger partial charge in [0.2, 0.25) is 0 Å². The zero-order chi connectivity index (χ0) is 13.2. The van der Waals surface area contributed by atoms with Gasteiger partial charge in [0.1, 0.15) is 0 Å². The third-order valence-electron chi connectivity index (χ3n) is 4.59. The minimum absolute atomic E-state index is 0.829. The molecule has 1 aromatic rings. The maximum Gasteiger partial charge on any atom is 0.0897 e. The van der Waals surface area contributed by atoms with Gasteiger partial charge in [0.05, 0.1) is 10.7 Å². The molecule has 3 rings (SSSR count). The smallest absolute Gasteiger partial charge is 0.0897 e. The first kappa shape index (κ1) is 13.5. The summed E-state index contributed by atoms with van der Waals surface area (Å²) in [6.07, 6.45) is 6.98. The number of nitrogens with one attached hydrogen (secondary N) is 1. The fourth-order valence-corrected chi connectivity index (χ4v) is 4.25. The van der Waals surface area contributed by atoms with Crippen molar-refractivity contribution in [1.29, 1.82) is 0 Å². The average Bonchev–Trinajstić information content (AvgIpc) is 2.93. The Morgan fingerprint density at radius 2 is 2.11 bits per heavy atom. The van der Waals surface area contributed by atoms with Crippen molar-refractivity contribution in [2.24, 2.45) is 5.92 Å². The molecule has 0 radical (unpaired) electrons. The number of hydrogen-bond acceptors (Lipinski definition) is 4. The van der Waals surface area contributed by atoms with E-state index in [1.807, 2.05) is 0 Å². The van der Waals surface area contributed by atoms with E-state index in [0.717, 1.165) is 24.5 Å². The van der Waals surface area contributed by atoms with Crippen LogP contribution in [0.4, 0.5) is 0 Å². The van der Waals surface area contributed by atoms with Crippen LogP contribution in [-0.2, 0) is 6.54 Å². The Kier molecular flexibility index (Phi) is 4.20. The van der Waals surface area contributed by atoms with Crippen molar-refractivity contribution in [2.75, 3.05) is 13.6 Å². The number of aryl methyl sites for hydroxylation is 1. The number of nitrogens with zero attached hydrogens (tertiary/aromatic N) is 2. The third kappa shape index (κ3) is 3.56. The molecule has 0 amide bonds. The number of rotatable bonds is 5. The number of piperidine rings is 1. The minimum Gasteiger partial charge on any atom is -0.311 e. The molecule has 2 bridgehead atoms. The van der Waals surface area contributed by atoms with E-state index in [9.17, 15) is 0 Å². The van der Waals surface area contributed by atoms with E-state index in [1.165, 1.54) is 49.4 Å². The van der Waals surface area contributed by atoms with Gasteiger partial charge in [-0.1, -0.05) is 0 Å². The monoisotopic (exact) mass is 279 g/mol. The van der Waals surface area contributed by atoms with E-state index in [4.69, 9.17) is 0 Å². The molecule has 3 heterocycles. The quantitative estimate of drug-likeness (QED) is 0.898. The zero-order valence-electron chi connectivity index (χ0n) is 12.1. The van der Waals surface area contributed by atoms with Gasteiger partial charge in [0.25, 0.3) is 0 Å². The summed E-state index contributed by atoms with van der Waals surface area (Å²) < 4.78 is 0. The molecule has 2 saturated heterocycles. The van der Waals surface area contributed by atoms with Gasteiger partial charge >= 0.3 is 0 Å². The first-order chi connectivity index (χ1) is 9.19. The van der Waals surface area contributed by atoms with Gasteiger partial charge in [-0.05, 0) is 58.5 Å². The van der Waals surface area contributed by atoms with Crippen molar-refractivity contribution in [3.63, 3.8) is 0 Å². The minimum atomic E-state index is 0.829. The van der Waals surface area contributed by atoms with Crippen molar-refractivity contribution in [2.45, 2.75) is 57.7 Å². The molecule has 19 heavy (non-hydrogen) atoms. The molecule has 2 aliphatic rings. The fraction of sp³-hybridized carbons (Fsp3) is 0.800. The van der Waals surface area contributed by atoms with Crippen molar-refractivity contribution < 1.29 is 0 Å². The lowest BCUT2D eigenvalue weighted by molar-refractivity contribution is 0.237. The highest BCUT2D eigenvalue weighted by molar-refractivity contribution is 7.09. The fourth-order valence-electron chi connectivity index (χ4n) is 3.65. The summed E-state index contributed by atoms with van der Waals surface area (Å²) in [6.45, 7) is 4.29. The van der Waals surface area contributed by atoms with Gasteiger partial charge in [-0.15, -0.1) is 11.3 Å². The number of aromatic nitrogens is 1. The predicted octanol–water partition coefficient (Wildman–Crippen LogP) is 2.80. The molecule has 1 N–H and O–H groups in total. The second-order valence-electron chi connectivity index (χ2n) is 6.36. The van der Waals surface area contributed by atoms with Crippen LogP contribution in [0.25, 0.3) is 0 Å². The summed E-state index contributed by atoms with van der Waals surface area (Å²) in [5.74, 6) is 0.943. The predicted molar refractivity (Wildman–Crippen MR) is 80.5 cm³/mol. The van der Waals surface area contributed by atoms with Crippen LogP contribution in [0.15, 0.2) is 5.38 Å². The molecule has 0 saturated carbocycles. The van der Waals surface area contributed by atoms with Crippen molar-refractivity contribution >= 4 is 11.3 Å². The molecule has 0 aliphatic carbocycles. The van der Waals surface area contributed by atoms with E-state index in [1.54, 1.807) is 11.3 Å². The van der Waals surface area contributed by atoms with Crippen LogP contribution in [0, 0.1) is 12.8 Å². The highest BCUT2D eigenvalue weighted by Crippen LogP contribution is 2.32. The van der Waals surface area contributed by atoms with Gasteiger partial charge in [-0.2, -0.15) is 0 Å². The van der Waals surface area contributed by atoms with Gasteiger partial charge in [0.15, 0.2) is 0 Å². The van der Waals surface area contributed by atoms with Gasteiger partial charge in [0, 0.05) is 24.0 Å². The van der Waals surface area contributed by atoms with Crippen LogP contribution in [0.1, 0.15) is 42.8 Å². The summed E-state index contributed by atoms with van der Waals surface area (Å²) in [6, 6.07) is 1.66. The van der Waals surface area contributed by atoms with Gasteiger partial charge < -0.3 is 10.2 Å². The largest absolute Gasteiger partial charge is 0.311 e. The molecular formula is C15H25N3S. The number of thiazole rings is 1. The Morgan fingerprint density at radius 3 is 2.74 bits per heavy atom. The average molecular weight is 279 g/mol. The normalized spacial score (nSPS) is 30.2. The second kappa shape index (κ2) is 5.90. The van der Waals surface area contributed by atoms with Crippen LogP contribution in [0.2, 0.25) is 0 Å². The Bertz CT molecular complexity index is 405.